The third kappa shape index (κ3) is 2.72. The van der Waals surface area contributed by atoms with E-state index in [1.54, 1.807) is 5.56 Å². The molecular formula is C23H34O2. The summed E-state index contributed by atoms with van der Waals surface area (Å²) in [5.41, 5.74) is 4.67. The summed E-state index contributed by atoms with van der Waals surface area (Å²) in [6.07, 6.45) is 10.2. The average molecular weight is 343 g/mol. The van der Waals surface area contributed by atoms with Gasteiger partial charge in [-0.3, -0.25) is 0 Å². The fraction of sp³-hybridized carbons (Fsp3) is 0.739. The van der Waals surface area contributed by atoms with Gasteiger partial charge in [-0.25, -0.2) is 0 Å². The predicted octanol–water partition coefficient (Wildman–Crippen LogP) is 5.46. The van der Waals surface area contributed by atoms with Crippen molar-refractivity contribution in [3.8, 4) is 5.75 Å². The van der Waals surface area contributed by atoms with Gasteiger partial charge in [0.2, 0.25) is 0 Å². The lowest BCUT2D eigenvalue weighted by atomic mass is 9.54. The Kier molecular flexibility index (Phi) is 4.60. The van der Waals surface area contributed by atoms with E-state index in [4.69, 9.17) is 4.74 Å². The molecule has 0 spiro atoms. The minimum Gasteiger partial charge on any atom is -0.508 e. The van der Waals surface area contributed by atoms with Crippen molar-refractivity contribution in [2.45, 2.75) is 71.1 Å². The van der Waals surface area contributed by atoms with Gasteiger partial charge in [0.1, 0.15) is 5.75 Å². The SMILES string of the molecule is CCc1cc2c(cc1O)CC[C@@H]1[C@@H]2CC[C@]2(C)[C@@H](CCOC)CC[C@@H]12. The van der Waals surface area contributed by atoms with Crippen molar-refractivity contribution in [3.63, 3.8) is 0 Å². The van der Waals surface area contributed by atoms with E-state index in [-0.39, 0.29) is 0 Å². The molecule has 2 fully saturated rings. The minimum atomic E-state index is 0.515. The van der Waals surface area contributed by atoms with Crippen LogP contribution in [-0.4, -0.2) is 18.8 Å². The van der Waals surface area contributed by atoms with Crippen molar-refractivity contribution in [1.29, 1.82) is 0 Å². The Morgan fingerprint density at radius 2 is 2.04 bits per heavy atom. The van der Waals surface area contributed by atoms with Crippen LogP contribution in [0.3, 0.4) is 0 Å². The molecule has 4 rings (SSSR count). The number of aromatic hydroxyl groups is 1. The zero-order valence-electron chi connectivity index (χ0n) is 16.2. The van der Waals surface area contributed by atoms with Gasteiger partial charge in [0, 0.05) is 13.7 Å². The van der Waals surface area contributed by atoms with Gasteiger partial charge in [-0.2, -0.15) is 0 Å². The van der Waals surface area contributed by atoms with Crippen LogP contribution in [0.15, 0.2) is 12.1 Å². The highest BCUT2D eigenvalue weighted by atomic mass is 16.5. The van der Waals surface area contributed by atoms with Crippen LogP contribution in [0.4, 0.5) is 0 Å². The Hall–Kier alpha value is -1.02. The van der Waals surface area contributed by atoms with E-state index in [9.17, 15) is 5.11 Å². The maximum Gasteiger partial charge on any atom is 0.119 e. The van der Waals surface area contributed by atoms with Crippen molar-refractivity contribution in [3.05, 3.63) is 28.8 Å². The standard InChI is InChI=1S/C23H34O2/c1-4-15-13-20-16(14-22(15)24)5-7-19-18(20)9-11-23(2)17(10-12-25-3)6-8-21(19)23/h13-14,17-19,21,24H,4-12H2,1-3H3/t17-,18+,19-,21+,23-/m1/s1. The molecular weight excluding hydrogens is 308 g/mol. The maximum atomic E-state index is 10.3. The number of methoxy groups -OCH3 is 1. The van der Waals surface area contributed by atoms with Crippen LogP contribution in [0.25, 0.3) is 0 Å². The quantitative estimate of drug-likeness (QED) is 0.787. The number of phenolic OH excluding ortho intramolecular Hbond substituents is 1. The van der Waals surface area contributed by atoms with E-state index in [0.717, 1.165) is 48.7 Å². The van der Waals surface area contributed by atoms with Crippen molar-refractivity contribution in [2.75, 3.05) is 13.7 Å². The summed E-state index contributed by atoms with van der Waals surface area (Å²) in [6.45, 7) is 5.66. The summed E-state index contributed by atoms with van der Waals surface area (Å²) in [5.74, 6) is 3.84. The smallest absolute Gasteiger partial charge is 0.119 e. The lowest BCUT2D eigenvalue weighted by Crippen LogP contribution is -2.42. The molecule has 0 aromatic heterocycles. The molecule has 3 aliphatic rings. The van der Waals surface area contributed by atoms with Crippen molar-refractivity contribution >= 4 is 0 Å². The van der Waals surface area contributed by atoms with Crippen LogP contribution in [0.1, 0.15) is 75.0 Å². The second-order valence-electron chi connectivity index (χ2n) is 9.05. The highest BCUT2D eigenvalue weighted by molar-refractivity contribution is 5.45. The lowest BCUT2D eigenvalue weighted by molar-refractivity contribution is 0.0181. The third-order valence-electron chi connectivity index (χ3n) is 8.17. The van der Waals surface area contributed by atoms with Crippen LogP contribution in [0.5, 0.6) is 5.75 Å². The Bertz CT molecular complexity index is 637. The van der Waals surface area contributed by atoms with E-state index in [1.807, 2.05) is 7.11 Å². The molecule has 138 valence electrons. The number of rotatable bonds is 4. The Morgan fingerprint density at radius 1 is 1.20 bits per heavy atom. The molecule has 2 nitrogen and oxygen atoms in total. The van der Waals surface area contributed by atoms with E-state index < -0.39 is 0 Å². The lowest BCUT2D eigenvalue weighted by Gasteiger charge is -2.51. The van der Waals surface area contributed by atoms with Gasteiger partial charge in [0.15, 0.2) is 0 Å². The van der Waals surface area contributed by atoms with Gasteiger partial charge in [-0.05, 0) is 103 Å². The number of hydrogen-bond acceptors (Lipinski definition) is 2. The van der Waals surface area contributed by atoms with Crippen molar-refractivity contribution in [1.82, 2.24) is 0 Å². The molecule has 0 saturated heterocycles. The molecule has 25 heavy (non-hydrogen) atoms. The fourth-order valence-corrected chi connectivity index (χ4v) is 6.78. The van der Waals surface area contributed by atoms with Crippen LogP contribution in [-0.2, 0) is 17.6 Å². The summed E-state index contributed by atoms with van der Waals surface area (Å²) in [4.78, 5) is 0. The first-order valence-electron chi connectivity index (χ1n) is 10.4. The molecule has 0 unspecified atom stereocenters. The molecule has 0 heterocycles. The van der Waals surface area contributed by atoms with Crippen molar-refractivity contribution < 1.29 is 9.84 Å². The fourth-order valence-electron chi connectivity index (χ4n) is 6.78. The van der Waals surface area contributed by atoms with E-state index in [2.05, 4.69) is 26.0 Å². The predicted molar refractivity (Wildman–Crippen MR) is 102 cm³/mol. The van der Waals surface area contributed by atoms with E-state index >= 15 is 0 Å². The first kappa shape index (κ1) is 17.4. The van der Waals surface area contributed by atoms with Crippen LogP contribution >= 0.6 is 0 Å². The Balaban J connectivity index is 1.62. The number of benzene rings is 1. The second kappa shape index (κ2) is 6.61. The molecule has 1 aromatic carbocycles. The van der Waals surface area contributed by atoms with Crippen LogP contribution in [0, 0.1) is 23.2 Å². The average Bonchev–Trinajstić information content (AvgIpc) is 2.95. The molecule has 3 aliphatic carbocycles. The topological polar surface area (TPSA) is 29.5 Å². The monoisotopic (exact) mass is 342 g/mol. The summed E-state index contributed by atoms with van der Waals surface area (Å²) in [6, 6.07) is 4.43. The van der Waals surface area contributed by atoms with Crippen LogP contribution in [0.2, 0.25) is 0 Å². The zero-order valence-corrected chi connectivity index (χ0v) is 16.2. The first-order chi connectivity index (χ1) is 12.1. The maximum absolute atomic E-state index is 10.3. The van der Waals surface area contributed by atoms with Crippen molar-refractivity contribution in [2.24, 2.45) is 23.2 Å². The number of aryl methyl sites for hydroxylation is 2. The van der Waals surface area contributed by atoms with Gasteiger partial charge in [-0.1, -0.05) is 19.9 Å². The molecule has 2 saturated carbocycles. The Morgan fingerprint density at radius 3 is 2.80 bits per heavy atom. The Labute approximate surface area is 153 Å². The highest BCUT2D eigenvalue weighted by Gasteiger charge is 2.54. The summed E-state index contributed by atoms with van der Waals surface area (Å²) in [7, 11) is 1.84. The molecule has 0 amide bonds. The number of ether oxygens (including phenoxy) is 1. The molecule has 5 atom stereocenters. The zero-order chi connectivity index (χ0) is 17.6. The molecule has 0 radical (unpaired) electrons. The molecule has 1 aromatic rings. The van der Waals surface area contributed by atoms with Crippen LogP contribution < -0.4 is 0 Å². The largest absolute Gasteiger partial charge is 0.508 e. The highest BCUT2D eigenvalue weighted by Crippen LogP contribution is 2.63. The minimum absolute atomic E-state index is 0.515. The molecule has 0 bridgehead atoms. The summed E-state index contributed by atoms with van der Waals surface area (Å²) < 4.78 is 5.39. The molecule has 0 aliphatic heterocycles. The van der Waals surface area contributed by atoms with Gasteiger partial charge in [-0.15, -0.1) is 0 Å². The first-order valence-corrected chi connectivity index (χ1v) is 10.4. The van der Waals surface area contributed by atoms with Gasteiger partial charge < -0.3 is 9.84 Å². The summed E-state index contributed by atoms with van der Waals surface area (Å²) >= 11 is 0. The third-order valence-corrected chi connectivity index (χ3v) is 8.17. The van der Waals surface area contributed by atoms with Gasteiger partial charge >= 0.3 is 0 Å². The second-order valence-corrected chi connectivity index (χ2v) is 9.05. The number of hydrogen-bond donors (Lipinski definition) is 1. The van der Waals surface area contributed by atoms with E-state index in [1.165, 1.54) is 44.1 Å². The normalized spacial score (nSPS) is 36.6. The number of fused-ring (bicyclic) bond motifs is 5. The number of phenols is 1. The van der Waals surface area contributed by atoms with Gasteiger partial charge in [0.05, 0.1) is 0 Å². The molecule has 2 heteroatoms. The van der Waals surface area contributed by atoms with E-state index in [0.29, 0.717) is 11.2 Å². The van der Waals surface area contributed by atoms with Gasteiger partial charge in [0.25, 0.3) is 0 Å². The summed E-state index contributed by atoms with van der Waals surface area (Å²) in [5, 5.41) is 10.3. The molecule has 1 N–H and O–H groups in total.